The molecule has 0 aromatic carbocycles. The van der Waals surface area contributed by atoms with Crippen LogP contribution in [0.2, 0.25) is 0 Å². The van der Waals surface area contributed by atoms with Gasteiger partial charge in [0.2, 0.25) is 0 Å². The zero-order chi connectivity index (χ0) is 55.0. The number of hydrogen-bond donors (Lipinski definition) is 0. The smallest absolute Gasteiger partial charge is 0.306 e. The molecule has 0 aliphatic heterocycles. The molecule has 0 aromatic rings. The molecule has 1 atom stereocenters. The molecular formula is C70H122O6. The minimum Gasteiger partial charge on any atom is -0.462 e. The predicted octanol–water partition coefficient (Wildman–Crippen LogP) is 22.3. The van der Waals surface area contributed by atoms with Gasteiger partial charge in [0.05, 0.1) is 0 Å². The maximum Gasteiger partial charge on any atom is 0.306 e. The van der Waals surface area contributed by atoms with Crippen LogP contribution in [0.4, 0.5) is 0 Å². The number of carbonyl (C=O) groups is 3. The SMILES string of the molecule is CC/C=C\C/C=C\C/C=C\C/C=C\C/C=C\C/C=C\CCCCCCCCC(=O)OCC(COC(=O)CCCCCCC/C=C\CCCCC)OC(=O)CCCCCCCCCCCCCCCCCCCCCCC. The number of carbonyl (C=O) groups excluding carboxylic acids is 3. The monoisotopic (exact) mass is 1060 g/mol. The second kappa shape index (κ2) is 64.1. The fourth-order valence-corrected chi connectivity index (χ4v) is 9.27. The molecule has 6 heteroatoms. The third kappa shape index (κ3) is 61.4. The largest absolute Gasteiger partial charge is 0.462 e. The van der Waals surface area contributed by atoms with Crippen molar-refractivity contribution < 1.29 is 28.6 Å². The lowest BCUT2D eigenvalue weighted by Gasteiger charge is -2.18. The van der Waals surface area contributed by atoms with Crippen LogP contribution < -0.4 is 0 Å². The van der Waals surface area contributed by atoms with Crippen molar-refractivity contribution in [3.8, 4) is 0 Å². The van der Waals surface area contributed by atoms with Crippen LogP contribution in [0.25, 0.3) is 0 Å². The lowest BCUT2D eigenvalue weighted by atomic mass is 10.0. The van der Waals surface area contributed by atoms with Gasteiger partial charge in [-0.15, -0.1) is 0 Å². The van der Waals surface area contributed by atoms with Crippen LogP contribution in [0.15, 0.2) is 85.1 Å². The van der Waals surface area contributed by atoms with Crippen molar-refractivity contribution in [2.24, 2.45) is 0 Å². The molecule has 6 nitrogen and oxygen atoms in total. The standard InChI is InChI=1S/C70H122O6/c1-4-7-10-13-16-19-22-25-27-29-31-33-34-35-36-38-39-41-43-45-48-51-54-57-60-63-69(72)75-66-67(65-74-68(71)62-59-56-53-50-47-24-21-18-15-12-9-6-3)76-70(73)64-61-58-55-52-49-46-44-42-40-37-32-30-28-26-23-20-17-14-11-8-5-2/h7,10,16,18-19,21,25,27,31,33,35-36,39,41,67H,4-6,8-9,11-15,17,20,22-24,26,28-30,32,34,37-38,40,42-66H2,1-3H3/b10-7-,19-16-,21-18-,27-25-,33-31-,36-35-,41-39-. The van der Waals surface area contributed by atoms with E-state index >= 15 is 0 Å². The molecule has 0 radical (unpaired) electrons. The Balaban J connectivity index is 4.32. The van der Waals surface area contributed by atoms with E-state index in [0.717, 1.165) is 116 Å². The van der Waals surface area contributed by atoms with Crippen LogP contribution in [-0.2, 0) is 28.6 Å². The number of allylic oxidation sites excluding steroid dienone is 14. The Hall–Kier alpha value is -3.41. The first-order valence-corrected chi connectivity index (χ1v) is 32.6. The number of rotatable bonds is 59. The third-order valence-corrected chi connectivity index (χ3v) is 14.1. The molecule has 438 valence electrons. The Bertz CT molecular complexity index is 1450. The van der Waals surface area contributed by atoms with Crippen molar-refractivity contribution in [1.29, 1.82) is 0 Å². The highest BCUT2D eigenvalue weighted by atomic mass is 16.6. The summed E-state index contributed by atoms with van der Waals surface area (Å²) in [6, 6.07) is 0. The molecule has 0 amide bonds. The van der Waals surface area contributed by atoms with Crippen LogP contribution in [0, 0.1) is 0 Å². The number of unbranched alkanes of at least 4 members (excludes halogenated alkanes) is 34. The van der Waals surface area contributed by atoms with Crippen molar-refractivity contribution in [2.45, 2.75) is 329 Å². The summed E-state index contributed by atoms with van der Waals surface area (Å²) in [5, 5.41) is 0. The van der Waals surface area contributed by atoms with Crippen LogP contribution in [0.3, 0.4) is 0 Å². The van der Waals surface area contributed by atoms with Gasteiger partial charge in [0.15, 0.2) is 6.10 Å². The van der Waals surface area contributed by atoms with E-state index < -0.39 is 6.10 Å². The maximum absolute atomic E-state index is 12.9. The average Bonchev–Trinajstić information content (AvgIpc) is 3.42. The summed E-state index contributed by atoms with van der Waals surface area (Å²) >= 11 is 0. The van der Waals surface area contributed by atoms with Crippen LogP contribution in [0.5, 0.6) is 0 Å². The molecule has 0 spiro atoms. The first-order chi connectivity index (χ1) is 37.5. The first-order valence-electron chi connectivity index (χ1n) is 32.6. The third-order valence-electron chi connectivity index (χ3n) is 14.1. The molecule has 0 fully saturated rings. The molecule has 0 saturated carbocycles. The molecule has 0 saturated heterocycles. The summed E-state index contributed by atoms with van der Waals surface area (Å²) in [4.78, 5) is 38.3. The Morgan fingerprint density at radius 2 is 0.513 bits per heavy atom. The molecule has 0 heterocycles. The van der Waals surface area contributed by atoms with E-state index in [2.05, 4.69) is 106 Å². The predicted molar refractivity (Wildman–Crippen MR) is 330 cm³/mol. The molecular weight excluding hydrogens is 937 g/mol. The van der Waals surface area contributed by atoms with Gasteiger partial charge in [0.25, 0.3) is 0 Å². The quantitative estimate of drug-likeness (QED) is 0.0261. The van der Waals surface area contributed by atoms with E-state index in [4.69, 9.17) is 14.2 Å². The maximum atomic E-state index is 12.9. The molecule has 0 N–H and O–H groups in total. The summed E-state index contributed by atoms with van der Waals surface area (Å²) in [5.41, 5.74) is 0. The minimum absolute atomic E-state index is 0.0830. The van der Waals surface area contributed by atoms with E-state index in [1.54, 1.807) is 0 Å². The lowest BCUT2D eigenvalue weighted by Crippen LogP contribution is -2.30. The van der Waals surface area contributed by atoms with E-state index in [1.807, 2.05) is 0 Å². The van der Waals surface area contributed by atoms with Crippen LogP contribution >= 0.6 is 0 Å². The molecule has 1 unspecified atom stereocenters. The summed E-state index contributed by atoms with van der Waals surface area (Å²) in [5.74, 6) is -0.892. The van der Waals surface area contributed by atoms with E-state index in [1.165, 1.54) is 167 Å². The molecule has 0 bridgehead atoms. The Morgan fingerprint density at radius 3 is 0.842 bits per heavy atom. The summed E-state index contributed by atoms with van der Waals surface area (Å²) in [7, 11) is 0. The van der Waals surface area contributed by atoms with Crippen molar-refractivity contribution in [2.75, 3.05) is 13.2 Å². The van der Waals surface area contributed by atoms with E-state index in [0.29, 0.717) is 19.3 Å². The topological polar surface area (TPSA) is 78.9 Å². The number of hydrogen-bond acceptors (Lipinski definition) is 6. The van der Waals surface area contributed by atoms with Crippen molar-refractivity contribution in [1.82, 2.24) is 0 Å². The van der Waals surface area contributed by atoms with Gasteiger partial charge >= 0.3 is 17.9 Å². The van der Waals surface area contributed by atoms with Crippen molar-refractivity contribution >= 4 is 17.9 Å². The molecule has 0 rings (SSSR count). The molecule has 0 aliphatic carbocycles. The highest BCUT2D eigenvalue weighted by molar-refractivity contribution is 5.71. The zero-order valence-electron chi connectivity index (χ0n) is 50.3. The number of ether oxygens (including phenoxy) is 3. The summed E-state index contributed by atoms with van der Waals surface area (Å²) < 4.78 is 16.9. The van der Waals surface area contributed by atoms with Gasteiger partial charge in [0, 0.05) is 19.3 Å². The van der Waals surface area contributed by atoms with Gasteiger partial charge in [0.1, 0.15) is 13.2 Å². The van der Waals surface area contributed by atoms with Gasteiger partial charge in [-0.05, 0) is 96.3 Å². The van der Waals surface area contributed by atoms with Crippen molar-refractivity contribution in [3.05, 3.63) is 85.1 Å². The Kier molecular flexibility index (Phi) is 61.2. The Morgan fingerprint density at radius 1 is 0.276 bits per heavy atom. The number of esters is 3. The van der Waals surface area contributed by atoms with Gasteiger partial charge < -0.3 is 14.2 Å². The fraction of sp³-hybridized carbons (Fsp3) is 0.757. The minimum atomic E-state index is -0.786. The van der Waals surface area contributed by atoms with E-state index in [9.17, 15) is 14.4 Å². The van der Waals surface area contributed by atoms with Gasteiger partial charge in [-0.2, -0.15) is 0 Å². The second-order valence-electron chi connectivity index (χ2n) is 21.6. The van der Waals surface area contributed by atoms with Crippen molar-refractivity contribution in [3.63, 3.8) is 0 Å². The van der Waals surface area contributed by atoms with Crippen LogP contribution in [0.1, 0.15) is 323 Å². The van der Waals surface area contributed by atoms with Crippen LogP contribution in [-0.4, -0.2) is 37.2 Å². The molecule has 0 aliphatic rings. The van der Waals surface area contributed by atoms with Gasteiger partial charge in [-0.1, -0.05) is 292 Å². The fourth-order valence-electron chi connectivity index (χ4n) is 9.27. The van der Waals surface area contributed by atoms with Gasteiger partial charge in [-0.25, -0.2) is 0 Å². The molecule has 0 aromatic heterocycles. The normalized spacial score (nSPS) is 12.6. The first kappa shape index (κ1) is 72.6. The second-order valence-corrected chi connectivity index (χ2v) is 21.6. The Labute approximate surface area is 471 Å². The summed E-state index contributed by atoms with van der Waals surface area (Å²) in [6.45, 7) is 6.52. The summed E-state index contributed by atoms with van der Waals surface area (Å²) in [6.07, 6.45) is 84.5. The van der Waals surface area contributed by atoms with E-state index in [-0.39, 0.29) is 31.1 Å². The average molecular weight is 1060 g/mol. The lowest BCUT2D eigenvalue weighted by molar-refractivity contribution is -0.167. The van der Waals surface area contributed by atoms with Gasteiger partial charge in [-0.3, -0.25) is 14.4 Å². The highest BCUT2D eigenvalue weighted by Crippen LogP contribution is 2.17. The zero-order valence-corrected chi connectivity index (χ0v) is 50.3. The highest BCUT2D eigenvalue weighted by Gasteiger charge is 2.19. The molecule has 76 heavy (non-hydrogen) atoms.